The van der Waals surface area contributed by atoms with Crippen molar-refractivity contribution in [3.05, 3.63) is 89.3 Å². The minimum Gasteiger partial charge on any atom is -0.457 e. The van der Waals surface area contributed by atoms with Gasteiger partial charge in [-0.05, 0) is 36.4 Å². The highest BCUT2D eigenvalue weighted by Crippen LogP contribution is 2.32. The fraction of sp³-hybridized carbons (Fsp3) is 0.259. The molecule has 1 aliphatic rings. The molecular formula is C27H26F3N3O4. The second-order valence-electron chi connectivity index (χ2n) is 8.37. The molecule has 1 saturated heterocycles. The van der Waals surface area contributed by atoms with Gasteiger partial charge in [0.1, 0.15) is 17.2 Å². The molecule has 2 heterocycles. The van der Waals surface area contributed by atoms with Crippen LogP contribution in [0, 0.1) is 0 Å². The van der Waals surface area contributed by atoms with E-state index in [9.17, 15) is 22.8 Å². The zero-order valence-corrected chi connectivity index (χ0v) is 19.9. The Morgan fingerprint density at radius 3 is 2.46 bits per heavy atom. The zero-order valence-electron chi connectivity index (χ0n) is 19.9. The summed E-state index contributed by atoms with van der Waals surface area (Å²) in [5.74, 6) is -0.618. The number of morpholine rings is 1. The quantitative estimate of drug-likeness (QED) is 0.442. The van der Waals surface area contributed by atoms with Crippen LogP contribution in [0.15, 0.2) is 76.8 Å². The molecule has 7 nitrogen and oxygen atoms in total. The fourth-order valence-corrected chi connectivity index (χ4v) is 3.77. The second-order valence-corrected chi connectivity index (χ2v) is 8.37. The number of hydrogen-bond donors (Lipinski definition) is 2. The van der Waals surface area contributed by atoms with Crippen LogP contribution in [0.4, 0.5) is 13.2 Å². The molecule has 1 fully saturated rings. The molecule has 0 bridgehead atoms. The Balaban J connectivity index is 1.52. The fourth-order valence-electron chi connectivity index (χ4n) is 3.77. The highest BCUT2D eigenvalue weighted by Gasteiger charge is 2.30. The van der Waals surface area contributed by atoms with Gasteiger partial charge < -0.3 is 19.8 Å². The summed E-state index contributed by atoms with van der Waals surface area (Å²) in [6, 6.07) is 16.2. The van der Waals surface area contributed by atoms with Crippen LogP contribution >= 0.6 is 0 Å². The van der Waals surface area contributed by atoms with Crippen molar-refractivity contribution >= 4 is 17.9 Å². The van der Waals surface area contributed by atoms with E-state index in [0.717, 1.165) is 25.2 Å². The number of carbonyl (C=O) groups excluding carboxylic acids is 2. The van der Waals surface area contributed by atoms with Gasteiger partial charge in [0, 0.05) is 43.4 Å². The summed E-state index contributed by atoms with van der Waals surface area (Å²) in [5, 5.41) is 5.41. The molecule has 1 aliphatic heterocycles. The Kier molecular flexibility index (Phi) is 8.42. The Morgan fingerprint density at radius 2 is 1.73 bits per heavy atom. The van der Waals surface area contributed by atoms with Gasteiger partial charge in [-0.25, -0.2) is 0 Å². The third-order valence-electron chi connectivity index (χ3n) is 5.73. The lowest BCUT2D eigenvalue weighted by atomic mass is 10.1. The van der Waals surface area contributed by atoms with Crippen molar-refractivity contribution < 1.29 is 31.9 Å². The van der Waals surface area contributed by atoms with E-state index < -0.39 is 23.6 Å². The first-order valence-corrected chi connectivity index (χ1v) is 11.7. The monoisotopic (exact) mass is 513 g/mol. The Hall–Kier alpha value is -3.89. The SMILES string of the molecule is O=C(NCCN1CCOCC1)/C(=C/c1ccc(-c2cccc(C(F)(F)F)c2)o1)NC(=O)c1ccccc1. The van der Waals surface area contributed by atoms with Gasteiger partial charge in [0.05, 0.1) is 18.8 Å². The van der Waals surface area contributed by atoms with Gasteiger partial charge in [-0.15, -0.1) is 0 Å². The van der Waals surface area contributed by atoms with Gasteiger partial charge in [0.15, 0.2) is 0 Å². The van der Waals surface area contributed by atoms with Crippen molar-refractivity contribution in [2.75, 3.05) is 39.4 Å². The maximum atomic E-state index is 13.1. The van der Waals surface area contributed by atoms with Gasteiger partial charge >= 0.3 is 6.18 Å². The van der Waals surface area contributed by atoms with E-state index >= 15 is 0 Å². The summed E-state index contributed by atoms with van der Waals surface area (Å²) in [4.78, 5) is 27.9. The first kappa shape index (κ1) is 26.2. The lowest BCUT2D eigenvalue weighted by Crippen LogP contribution is -2.42. The average molecular weight is 514 g/mol. The topological polar surface area (TPSA) is 83.8 Å². The second kappa shape index (κ2) is 11.9. The van der Waals surface area contributed by atoms with Crippen molar-refractivity contribution in [2.24, 2.45) is 0 Å². The van der Waals surface area contributed by atoms with Crippen LogP contribution in [-0.2, 0) is 15.7 Å². The minimum atomic E-state index is -4.49. The number of ether oxygens (including phenoxy) is 1. The predicted octanol–water partition coefficient (Wildman–Crippen LogP) is 4.18. The van der Waals surface area contributed by atoms with E-state index in [1.54, 1.807) is 30.3 Å². The van der Waals surface area contributed by atoms with Gasteiger partial charge in [-0.2, -0.15) is 13.2 Å². The Morgan fingerprint density at radius 1 is 0.973 bits per heavy atom. The molecular weight excluding hydrogens is 487 g/mol. The number of halogens is 3. The molecule has 3 aromatic rings. The summed E-state index contributed by atoms with van der Waals surface area (Å²) < 4.78 is 50.3. The van der Waals surface area contributed by atoms with Gasteiger partial charge in [0.25, 0.3) is 11.8 Å². The van der Waals surface area contributed by atoms with Gasteiger partial charge in [-0.1, -0.05) is 30.3 Å². The molecule has 10 heteroatoms. The van der Waals surface area contributed by atoms with Crippen LogP contribution in [0.5, 0.6) is 0 Å². The summed E-state index contributed by atoms with van der Waals surface area (Å²) in [6.07, 6.45) is -3.14. The van der Waals surface area contributed by atoms with Crippen molar-refractivity contribution in [1.29, 1.82) is 0 Å². The molecule has 37 heavy (non-hydrogen) atoms. The highest BCUT2D eigenvalue weighted by atomic mass is 19.4. The van der Waals surface area contributed by atoms with Crippen LogP contribution in [0.25, 0.3) is 17.4 Å². The van der Waals surface area contributed by atoms with E-state index in [-0.39, 0.29) is 22.8 Å². The average Bonchev–Trinajstić information content (AvgIpc) is 3.37. The Bertz CT molecular complexity index is 1250. The number of furan rings is 1. The third kappa shape index (κ3) is 7.31. The van der Waals surface area contributed by atoms with Crippen LogP contribution < -0.4 is 10.6 Å². The lowest BCUT2D eigenvalue weighted by molar-refractivity contribution is -0.137. The minimum absolute atomic E-state index is 0.0548. The third-order valence-corrected chi connectivity index (χ3v) is 5.73. The molecule has 2 aromatic carbocycles. The van der Waals surface area contributed by atoms with Crippen LogP contribution in [0.1, 0.15) is 21.7 Å². The number of rotatable bonds is 8. The van der Waals surface area contributed by atoms with Gasteiger partial charge in [0.2, 0.25) is 0 Å². The van der Waals surface area contributed by atoms with Gasteiger partial charge in [-0.3, -0.25) is 14.5 Å². The summed E-state index contributed by atoms with van der Waals surface area (Å²) in [5.41, 5.74) is -0.257. The predicted molar refractivity (Wildman–Crippen MR) is 131 cm³/mol. The number of benzene rings is 2. The van der Waals surface area contributed by atoms with Crippen molar-refractivity contribution in [1.82, 2.24) is 15.5 Å². The summed E-state index contributed by atoms with van der Waals surface area (Å²) >= 11 is 0. The highest BCUT2D eigenvalue weighted by molar-refractivity contribution is 6.05. The number of amides is 2. The molecule has 0 atom stereocenters. The van der Waals surface area contributed by atoms with Crippen molar-refractivity contribution in [3.63, 3.8) is 0 Å². The first-order valence-electron chi connectivity index (χ1n) is 11.7. The van der Waals surface area contributed by atoms with E-state index in [4.69, 9.17) is 9.15 Å². The molecule has 2 N–H and O–H groups in total. The van der Waals surface area contributed by atoms with E-state index in [1.807, 2.05) is 0 Å². The van der Waals surface area contributed by atoms with Crippen molar-refractivity contribution in [2.45, 2.75) is 6.18 Å². The molecule has 2 amide bonds. The summed E-state index contributed by atoms with van der Waals surface area (Å²) in [7, 11) is 0. The number of hydrogen-bond acceptors (Lipinski definition) is 5. The molecule has 0 saturated carbocycles. The Labute approximate surface area is 211 Å². The lowest BCUT2D eigenvalue weighted by Gasteiger charge is -2.26. The maximum Gasteiger partial charge on any atom is 0.416 e. The standard InChI is InChI=1S/C27H26F3N3O4/c28-27(29,30)21-8-4-7-20(17-21)24-10-9-22(37-24)18-23(32-25(34)19-5-2-1-3-6-19)26(35)31-11-12-33-13-15-36-16-14-33/h1-10,17-18H,11-16H2,(H,31,35)(H,32,34)/b23-18-. The molecule has 194 valence electrons. The van der Waals surface area contributed by atoms with Crippen LogP contribution in [0.3, 0.4) is 0 Å². The summed E-state index contributed by atoms with van der Waals surface area (Å²) in [6.45, 7) is 3.79. The molecule has 4 rings (SSSR count). The molecule has 0 aliphatic carbocycles. The van der Waals surface area contributed by atoms with Crippen LogP contribution in [-0.4, -0.2) is 56.1 Å². The molecule has 0 spiro atoms. The largest absolute Gasteiger partial charge is 0.457 e. The molecule has 0 unspecified atom stereocenters. The molecule has 0 radical (unpaired) electrons. The molecule has 1 aromatic heterocycles. The number of alkyl halides is 3. The van der Waals surface area contributed by atoms with E-state index in [1.165, 1.54) is 30.3 Å². The van der Waals surface area contributed by atoms with E-state index in [0.29, 0.717) is 31.9 Å². The maximum absolute atomic E-state index is 13.1. The smallest absolute Gasteiger partial charge is 0.416 e. The van der Waals surface area contributed by atoms with Crippen molar-refractivity contribution in [3.8, 4) is 11.3 Å². The van der Waals surface area contributed by atoms with Crippen LogP contribution in [0.2, 0.25) is 0 Å². The number of nitrogens with one attached hydrogen (secondary N) is 2. The zero-order chi connectivity index (χ0) is 26.3. The number of nitrogens with zero attached hydrogens (tertiary/aromatic N) is 1. The normalized spacial score (nSPS) is 14.8. The van der Waals surface area contributed by atoms with E-state index in [2.05, 4.69) is 15.5 Å². The first-order chi connectivity index (χ1) is 17.8. The number of carbonyl (C=O) groups is 2.